The van der Waals surface area contributed by atoms with Crippen LogP contribution in [0.15, 0.2) is 18.2 Å². The minimum atomic E-state index is -0.300. The van der Waals surface area contributed by atoms with Crippen molar-refractivity contribution in [2.75, 3.05) is 26.4 Å². The molecule has 2 atom stereocenters. The Kier molecular flexibility index (Phi) is 5.20. The molecule has 1 heterocycles. The van der Waals surface area contributed by atoms with Gasteiger partial charge >= 0.3 is 0 Å². The van der Waals surface area contributed by atoms with E-state index in [4.69, 9.17) is 14.6 Å². The lowest BCUT2D eigenvalue weighted by Gasteiger charge is -2.37. The van der Waals surface area contributed by atoms with E-state index in [1.807, 2.05) is 39.0 Å². The molecule has 0 saturated carbocycles. The molecular weight excluding hydrogens is 270 g/mol. The zero-order valence-electron chi connectivity index (χ0n) is 12.8. The third-order valence-corrected chi connectivity index (χ3v) is 3.72. The molecule has 116 valence electrons. The first-order valence-corrected chi connectivity index (χ1v) is 7.23. The second-order valence-electron chi connectivity index (χ2n) is 5.59. The molecule has 0 radical (unpaired) electrons. The minimum Gasteiger partial charge on any atom is -0.483 e. The average molecular weight is 293 g/mol. The summed E-state index contributed by atoms with van der Waals surface area (Å²) in [5, 5.41) is 9.16. The molecule has 1 aromatic rings. The number of hydrogen-bond donors (Lipinski definition) is 1. The Bertz CT molecular complexity index is 503. The Hall–Kier alpha value is -1.59. The predicted octanol–water partition coefficient (Wildman–Crippen LogP) is 1.29. The lowest BCUT2D eigenvalue weighted by Crippen LogP contribution is -2.53. The SMILES string of the molecule is Cc1ccc(C)c(OCC(=O)N2CC(CO)OCC2C)c1. The Morgan fingerprint density at radius 3 is 2.95 bits per heavy atom. The van der Waals surface area contributed by atoms with Crippen molar-refractivity contribution in [2.24, 2.45) is 0 Å². The summed E-state index contributed by atoms with van der Waals surface area (Å²) in [4.78, 5) is 14.0. The van der Waals surface area contributed by atoms with Crippen molar-refractivity contribution < 1.29 is 19.4 Å². The zero-order valence-corrected chi connectivity index (χ0v) is 12.8. The number of carbonyl (C=O) groups is 1. The lowest BCUT2D eigenvalue weighted by atomic mass is 10.1. The fourth-order valence-electron chi connectivity index (χ4n) is 2.36. The highest BCUT2D eigenvalue weighted by Gasteiger charge is 2.29. The van der Waals surface area contributed by atoms with Crippen molar-refractivity contribution in [3.63, 3.8) is 0 Å². The Labute approximate surface area is 125 Å². The number of morpholine rings is 1. The van der Waals surface area contributed by atoms with E-state index in [9.17, 15) is 4.79 Å². The number of amides is 1. The summed E-state index contributed by atoms with van der Waals surface area (Å²) in [6.45, 7) is 6.67. The number of nitrogens with zero attached hydrogens (tertiary/aromatic N) is 1. The van der Waals surface area contributed by atoms with E-state index >= 15 is 0 Å². The van der Waals surface area contributed by atoms with E-state index in [1.165, 1.54) is 0 Å². The van der Waals surface area contributed by atoms with Crippen molar-refractivity contribution in [2.45, 2.75) is 32.9 Å². The smallest absolute Gasteiger partial charge is 0.260 e. The quantitative estimate of drug-likeness (QED) is 0.909. The maximum atomic E-state index is 12.3. The van der Waals surface area contributed by atoms with Crippen LogP contribution in [0, 0.1) is 13.8 Å². The molecule has 1 amide bonds. The van der Waals surface area contributed by atoms with Crippen molar-refractivity contribution in [1.29, 1.82) is 0 Å². The highest BCUT2D eigenvalue weighted by atomic mass is 16.5. The molecule has 5 heteroatoms. The van der Waals surface area contributed by atoms with E-state index < -0.39 is 0 Å². The van der Waals surface area contributed by atoms with Crippen LogP contribution in [0.4, 0.5) is 0 Å². The van der Waals surface area contributed by atoms with E-state index in [-0.39, 0.29) is 31.3 Å². The highest BCUT2D eigenvalue weighted by Crippen LogP contribution is 2.19. The van der Waals surface area contributed by atoms with Crippen molar-refractivity contribution in [1.82, 2.24) is 4.90 Å². The first kappa shape index (κ1) is 15.8. The summed E-state index contributed by atoms with van der Waals surface area (Å²) in [6.07, 6.45) is -0.300. The topological polar surface area (TPSA) is 59.0 Å². The van der Waals surface area contributed by atoms with Crippen LogP contribution in [-0.4, -0.2) is 54.4 Å². The maximum absolute atomic E-state index is 12.3. The van der Waals surface area contributed by atoms with E-state index in [0.29, 0.717) is 13.2 Å². The van der Waals surface area contributed by atoms with Crippen LogP contribution < -0.4 is 4.74 Å². The highest BCUT2D eigenvalue weighted by molar-refractivity contribution is 5.78. The first-order valence-electron chi connectivity index (χ1n) is 7.23. The van der Waals surface area contributed by atoms with Gasteiger partial charge < -0.3 is 19.5 Å². The van der Waals surface area contributed by atoms with Gasteiger partial charge in [-0.25, -0.2) is 0 Å². The molecule has 21 heavy (non-hydrogen) atoms. The van der Waals surface area contributed by atoms with E-state index in [1.54, 1.807) is 4.90 Å². The monoisotopic (exact) mass is 293 g/mol. The Morgan fingerprint density at radius 2 is 2.24 bits per heavy atom. The van der Waals surface area contributed by atoms with Gasteiger partial charge in [-0.1, -0.05) is 12.1 Å². The molecule has 1 saturated heterocycles. The fourth-order valence-corrected chi connectivity index (χ4v) is 2.36. The molecule has 1 N–H and O–H groups in total. The molecule has 0 aliphatic carbocycles. The number of aryl methyl sites for hydroxylation is 2. The summed E-state index contributed by atoms with van der Waals surface area (Å²) in [5.41, 5.74) is 2.11. The summed E-state index contributed by atoms with van der Waals surface area (Å²) < 4.78 is 11.1. The largest absolute Gasteiger partial charge is 0.483 e. The molecule has 1 aromatic carbocycles. The summed E-state index contributed by atoms with van der Waals surface area (Å²) >= 11 is 0. The third kappa shape index (κ3) is 3.95. The van der Waals surface area contributed by atoms with Gasteiger partial charge in [0.15, 0.2) is 6.61 Å². The zero-order chi connectivity index (χ0) is 15.4. The van der Waals surface area contributed by atoms with Gasteiger partial charge in [0, 0.05) is 6.54 Å². The number of rotatable bonds is 4. The van der Waals surface area contributed by atoms with Crippen molar-refractivity contribution in [3.8, 4) is 5.75 Å². The van der Waals surface area contributed by atoms with Gasteiger partial charge in [0.1, 0.15) is 5.75 Å². The number of hydrogen-bond acceptors (Lipinski definition) is 4. The van der Waals surface area contributed by atoms with Crippen molar-refractivity contribution >= 4 is 5.91 Å². The van der Waals surface area contributed by atoms with E-state index in [2.05, 4.69) is 0 Å². The predicted molar refractivity (Wildman–Crippen MR) is 79.4 cm³/mol. The maximum Gasteiger partial charge on any atom is 0.260 e. The molecular formula is C16H23NO4. The molecule has 0 bridgehead atoms. The van der Waals surface area contributed by atoms with Gasteiger partial charge in [-0.3, -0.25) is 4.79 Å². The Morgan fingerprint density at radius 1 is 1.48 bits per heavy atom. The van der Waals surface area contributed by atoms with Crippen LogP contribution in [0.1, 0.15) is 18.1 Å². The molecule has 0 aromatic heterocycles. The molecule has 2 rings (SSSR count). The summed E-state index contributed by atoms with van der Waals surface area (Å²) in [6, 6.07) is 5.93. The number of aliphatic hydroxyl groups is 1. The Balaban J connectivity index is 1.96. The molecule has 2 unspecified atom stereocenters. The van der Waals surface area contributed by atoms with Gasteiger partial charge in [0.05, 0.1) is 25.4 Å². The lowest BCUT2D eigenvalue weighted by molar-refractivity contribution is -0.148. The first-order chi connectivity index (χ1) is 10.0. The van der Waals surface area contributed by atoms with Gasteiger partial charge in [0.25, 0.3) is 5.91 Å². The van der Waals surface area contributed by atoms with Gasteiger partial charge in [-0.15, -0.1) is 0 Å². The number of benzene rings is 1. The standard InChI is InChI=1S/C16H23NO4/c1-11-4-5-12(2)15(6-11)21-10-16(19)17-7-14(8-18)20-9-13(17)3/h4-6,13-14,18H,7-10H2,1-3H3. The third-order valence-electron chi connectivity index (χ3n) is 3.72. The number of carbonyl (C=O) groups excluding carboxylic acids is 1. The van der Waals surface area contributed by atoms with Crippen LogP contribution in [0.25, 0.3) is 0 Å². The minimum absolute atomic E-state index is 0.00232. The van der Waals surface area contributed by atoms with Crippen LogP contribution >= 0.6 is 0 Å². The second kappa shape index (κ2) is 6.91. The molecule has 5 nitrogen and oxygen atoms in total. The summed E-state index contributed by atoms with van der Waals surface area (Å²) in [5.74, 6) is 0.660. The summed E-state index contributed by atoms with van der Waals surface area (Å²) in [7, 11) is 0. The average Bonchev–Trinajstić information content (AvgIpc) is 2.48. The van der Waals surface area contributed by atoms with Crippen molar-refractivity contribution in [3.05, 3.63) is 29.3 Å². The molecule has 0 spiro atoms. The molecule has 1 aliphatic heterocycles. The van der Waals surface area contributed by atoms with Gasteiger partial charge in [-0.2, -0.15) is 0 Å². The van der Waals surface area contributed by atoms with Gasteiger partial charge in [-0.05, 0) is 38.0 Å². The van der Waals surface area contributed by atoms with Crippen LogP contribution in [0.3, 0.4) is 0 Å². The number of ether oxygens (including phenoxy) is 2. The molecule has 1 fully saturated rings. The van der Waals surface area contributed by atoms with Gasteiger partial charge in [0.2, 0.25) is 0 Å². The van der Waals surface area contributed by atoms with E-state index in [0.717, 1.165) is 16.9 Å². The van der Waals surface area contributed by atoms with Crippen LogP contribution in [-0.2, 0) is 9.53 Å². The fraction of sp³-hybridized carbons (Fsp3) is 0.562. The number of aliphatic hydroxyl groups excluding tert-OH is 1. The van der Waals surface area contributed by atoms with Crippen LogP contribution in [0.5, 0.6) is 5.75 Å². The van der Waals surface area contributed by atoms with Crippen LogP contribution in [0.2, 0.25) is 0 Å². The normalized spacial score (nSPS) is 22.2. The molecule has 1 aliphatic rings. The second-order valence-corrected chi connectivity index (χ2v) is 5.59.